The molecule has 0 saturated heterocycles. The number of carboxylic acids is 1. The van der Waals surface area contributed by atoms with Gasteiger partial charge in [0.25, 0.3) is 0 Å². The maximum absolute atomic E-state index is 13.1. The second-order valence-corrected chi connectivity index (χ2v) is 7.84. The van der Waals surface area contributed by atoms with E-state index in [2.05, 4.69) is 17.4 Å². The van der Waals surface area contributed by atoms with Crippen LogP contribution in [0.1, 0.15) is 56.4 Å². The highest BCUT2D eigenvalue weighted by atomic mass is 16.5. The van der Waals surface area contributed by atoms with E-state index in [9.17, 15) is 14.7 Å². The lowest BCUT2D eigenvalue weighted by atomic mass is 9.76. The zero-order chi connectivity index (χ0) is 18.6. The number of nitrogens with one attached hydrogen (secondary N) is 1. The molecule has 1 aromatic carbocycles. The molecule has 142 valence electrons. The molecule has 0 bridgehead atoms. The molecule has 0 heterocycles. The lowest BCUT2D eigenvalue weighted by molar-refractivity contribution is -0.145. The lowest BCUT2D eigenvalue weighted by Crippen LogP contribution is -2.43. The monoisotopic (exact) mass is 359 g/mol. The number of ether oxygens (including phenoxy) is 1. The van der Waals surface area contributed by atoms with Crippen LogP contribution in [0.4, 0.5) is 0 Å². The summed E-state index contributed by atoms with van der Waals surface area (Å²) in [6.45, 7) is 0.410. The first-order valence-electron chi connectivity index (χ1n) is 9.63. The molecule has 0 radical (unpaired) electrons. The number of hydrogen-bond donors (Lipinski definition) is 2. The molecule has 1 amide bonds. The minimum absolute atomic E-state index is 0.0575. The summed E-state index contributed by atoms with van der Waals surface area (Å²) in [5.41, 5.74) is 0.738. The smallest absolute Gasteiger partial charge is 0.306 e. The molecule has 2 aliphatic rings. The number of carbonyl (C=O) groups excluding carboxylic acids is 1. The fourth-order valence-electron chi connectivity index (χ4n) is 4.36. The third-order valence-corrected chi connectivity index (χ3v) is 6.03. The SMILES string of the molecule is COCCC(CC1(C(=O)NC2CC2c2ccccc2)CCCC1)C(=O)O. The minimum atomic E-state index is -0.824. The van der Waals surface area contributed by atoms with E-state index in [-0.39, 0.29) is 11.9 Å². The molecule has 5 heteroatoms. The number of aliphatic carboxylic acids is 1. The van der Waals surface area contributed by atoms with E-state index in [1.807, 2.05) is 18.2 Å². The van der Waals surface area contributed by atoms with Crippen LogP contribution >= 0.6 is 0 Å². The minimum Gasteiger partial charge on any atom is -0.481 e. The van der Waals surface area contributed by atoms with Crippen LogP contribution in [0.2, 0.25) is 0 Å². The van der Waals surface area contributed by atoms with E-state index in [1.54, 1.807) is 7.11 Å². The van der Waals surface area contributed by atoms with Gasteiger partial charge in [0.2, 0.25) is 5.91 Å². The molecular weight excluding hydrogens is 330 g/mol. The van der Waals surface area contributed by atoms with Crippen molar-refractivity contribution in [2.75, 3.05) is 13.7 Å². The van der Waals surface area contributed by atoms with Crippen LogP contribution < -0.4 is 5.32 Å². The van der Waals surface area contributed by atoms with Crippen LogP contribution in [0.15, 0.2) is 30.3 Å². The van der Waals surface area contributed by atoms with E-state index in [0.717, 1.165) is 32.1 Å². The number of carbonyl (C=O) groups is 2. The Hall–Kier alpha value is -1.88. The Labute approximate surface area is 155 Å². The Balaban J connectivity index is 1.63. The molecule has 3 rings (SSSR count). The van der Waals surface area contributed by atoms with Crippen molar-refractivity contribution in [1.29, 1.82) is 0 Å². The summed E-state index contributed by atoms with van der Waals surface area (Å²) < 4.78 is 5.05. The topological polar surface area (TPSA) is 75.6 Å². The van der Waals surface area contributed by atoms with Gasteiger partial charge in [-0.05, 0) is 37.7 Å². The maximum atomic E-state index is 13.1. The Kier molecular flexibility index (Phi) is 5.97. The molecule has 0 aliphatic heterocycles. The van der Waals surface area contributed by atoms with Crippen molar-refractivity contribution in [2.45, 2.75) is 56.9 Å². The highest BCUT2D eigenvalue weighted by Crippen LogP contribution is 2.46. The standard InChI is InChI=1S/C21H29NO4/c1-26-12-9-16(19(23)24)14-21(10-5-6-11-21)20(25)22-18-13-17(18)15-7-3-2-4-8-15/h2-4,7-8,16-18H,5-6,9-14H2,1H3,(H,22,25)(H,23,24). The van der Waals surface area contributed by atoms with Crippen molar-refractivity contribution in [3.63, 3.8) is 0 Å². The fraction of sp³-hybridized carbons (Fsp3) is 0.619. The van der Waals surface area contributed by atoms with Crippen molar-refractivity contribution < 1.29 is 19.4 Å². The number of benzene rings is 1. The molecule has 2 saturated carbocycles. The largest absolute Gasteiger partial charge is 0.481 e. The number of amides is 1. The zero-order valence-electron chi connectivity index (χ0n) is 15.4. The van der Waals surface area contributed by atoms with Gasteiger partial charge < -0.3 is 15.2 Å². The second kappa shape index (κ2) is 8.21. The van der Waals surface area contributed by atoms with Crippen molar-refractivity contribution >= 4 is 11.9 Å². The average molecular weight is 359 g/mol. The summed E-state index contributed by atoms with van der Waals surface area (Å²) >= 11 is 0. The summed E-state index contributed by atoms with van der Waals surface area (Å²) in [7, 11) is 1.58. The molecule has 3 atom stereocenters. The summed E-state index contributed by atoms with van der Waals surface area (Å²) in [6.07, 6.45) is 5.42. The number of carboxylic acid groups (broad SMARTS) is 1. The van der Waals surface area contributed by atoms with Gasteiger partial charge in [-0.3, -0.25) is 9.59 Å². The van der Waals surface area contributed by atoms with Gasteiger partial charge in [0, 0.05) is 25.7 Å². The quantitative estimate of drug-likeness (QED) is 0.709. The predicted octanol–water partition coefficient (Wildman–Crippen LogP) is 3.35. The molecule has 0 aromatic heterocycles. The first-order valence-corrected chi connectivity index (χ1v) is 9.63. The van der Waals surface area contributed by atoms with E-state index >= 15 is 0 Å². The first-order chi connectivity index (χ1) is 12.6. The van der Waals surface area contributed by atoms with Gasteiger partial charge in [-0.25, -0.2) is 0 Å². The van der Waals surface area contributed by atoms with Gasteiger partial charge in [-0.15, -0.1) is 0 Å². The van der Waals surface area contributed by atoms with Crippen molar-refractivity contribution in [3.05, 3.63) is 35.9 Å². The van der Waals surface area contributed by atoms with E-state index in [4.69, 9.17) is 4.74 Å². The first kappa shape index (κ1) is 18.9. The summed E-state index contributed by atoms with van der Waals surface area (Å²) in [6, 6.07) is 10.4. The van der Waals surface area contributed by atoms with Crippen LogP contribution in [0.3, 0.4) is 0 Å². The molecule has 2 N–H and O–H groups in total. The van der Waals surface area contributed by atoms with E-state index < -0.39 is 17.3 Å². The summed E-state index contributed by atoms with van der Waals surface area (Å²) in [5.74, 6) is -0.901. The van der Waals surface area contributed by atoms with Crippen LogP contribution in [0.25, 0.3) is 0 Å². The average Bonchev–Trinajstić information content (AvgIpc) is 3.24. The van der Waals surface area contributed by atoms with Crippen LogP contribution in [-0.2, 0) is 14.3 Å². The molecular formula is C21H29NO4. The zero-order valence-corrected chi connectivity index (χ0v) is 15.4. The molecule has 1 aromatic rings. The van der Waals surface area contributed by atoms with Crippen molar-refractivity contribution in [1.82, 2.24) is 5.32 Å². The third-order valence-electron chi connectivity index (χ3n) is 6.03. The molecule has 2 aliphatic carbocycles. The van der Waals surface area contributed by atoms with Gasteiger partial charge >= 0.3 is 5.97 Å². The number of hydrogen-bond acceptors (Lipinski definition) is 3. The maximum Gasteiger partial charge on any atom is 0.306 e. The highest BCUT2D eigenvalue weighted by molar-refractivity contribution is 5.84. The second-order valence-electron chi connectivity index (χ2n) is 7.84. The molecule has 2 fully saturated rings. The Morgan fingerprint density at radius 3 is 2.58 bits per heavy atom. The number of rotatable bonds is 9. The van der Waals surface area contributed by atoms with Crippen molar-refractivity contribution in [2.24, 2.45) is 11.3 Å². The van der Waals surface area contributed by atoms with Crippen LogP contribution in [0.5, 0.6) is 0 Å². The fourth-order valence-corrected chi connectivity index (χ4v) is 4.36. The highest BCUT2D eigenvalue weighted by Gasteiger charge is 2.47. The van der Waals surface area contributed by atoms with E-state index in [1.165, 1.54) is 5.56 Å². The Bertz CT molecular complexity index is 624. The third kappa shape index (κ3) is 4.26. The lowest BCUT2D eigenvalue weighted by Gasteiger charge is -2.30. The van der Waals surface area contributed by atoms with Gasteiger partial charge in [0.05, 0.1) is 11.3 Å². The Morgan fingerprint density at radius 1 is 1.27 bits per heavy atom. The van der Waals surface area contributed by atoms with Gasteiger partial charge in [0.15, 0.2) is 0 Å². The Morgan fingerprint density at radius 2 is 1.96 bits per heavy atom. The molecule has 3 unspecified atom stereocenters. The summed E-state index contributed by atoms with van der Waals surface area (Å²) in [5, 5.41) is 12.8. The normalized spacial score (nSPS) is 24.8. The van der Waals surface area contributed by atoms with Crippen molar-refractivity contribution in [3.8, 4) is 0 Å². The van der Waals surface area contributed by atoms with Gasteiger partial charge in [-0.2, -0.15) is 0 Å². The predicted molar refractivity (Wildman–Crippen MR) is 98.9 cm³/mol. The van der Waals surface area contributed by atoms with Gasteiger partial charge in [0.1, 0.15) is 0 Å². The van der Waals surface area contributed by atoms with Crippen LogP contribution in [-0.4, -0.2) is 36.7 Å². The molecule has 26 heavy (non-hydrogen) atoms. The summed E-state index contributed by atoms with van der Waals surface area (Å²) in [4.78, 5) is 24.7. The van der Waals surface area contributed by atoms with Gasteiger partial charge in [-0.1, -0.05) is 43.2 Å². The van der Waals surface area contributed by atoms with E-state index in [0.29, 0.717) is 25.4 Å². The molecule has 0 spiro atoms. The molecule has 5 nitrogen and oxygen atoms in total. The number of methoxy groups -OCH3 is 1. The van der Waals surface area contributed by atoms with Crippen LogP contribution in [0, 0.1) is 11.3 Å².